The molecule has 1 aliphatic heterocycles. The first-order valence-corrected chi connectivity index (χ1v) is 8.40. The summed E-state index contributed by atoms with van der Waals surface area (Å²) in [4.78, 5) is 26.3. The van der Waals surface area contributed by atoms with E-state index in [0.29, 0.717) is 6.54 Å². The van der Waals surface area contributed by atoms with Crippen LogP contribution < -0.4 is 0 Å². The van der Waals surface area contributed by atoms with E-state index in [1.807, 2.05) is 4.90 Å². The molecule has 0 spiro atoms. The lowest BCUT2D eigenvalue weighted by atomic mass is 9.65. The summed E-state index contributed by atoms with van der Waals surface area (Å²) in [6, 6.07) is 5.83. The molecule has 0 aromatic heterocycles. The van der Waals surface area contributed by atoms with Crippen LogP contribution in [-0.4, -0.2) is 36.0 Å². The highest BCUT2D eigenvalue weighted by Crippen LogP contribution is 2.52. The molecule has 4 nitrogen and oxygen atoms in total. The molecule has 3 rings (SSSR count). The van der Waals surface area contributed by atoms with Gasteiger partial charge >= 0.3 is 5.97 Å². The van der Waals surface area contributed by atoms with Crippen LogP contribution in [0, 0.1) is 16.6 Å². The summed E-state index contributed by atoms with van der Waals surface area (Å²) in [5, 5.41) is 0. The molecule has 2 bridgehead atoms. The molecule has 0 radical (unpaired) electrons. The zero-order valence-corrected chi connectivity index (χ0v) is 14.5. The maximum atomic E-state index is 13.6. The molecule has 0 unspecified atom stereocenters. The fourth-order valence-electron chi connectivity index (χ4n) is 4.67. The van der Waals surface area contributed by atoms with Crippen molar-refractivity contribution in [2.45, 2.75) is 46.1 Å². The van der Waals surface area contributed by atoms with Gasteiger partial charge in [0.15, 0.2) is 6.61 Å². The normalized spacial score (nSPS) is 27.8. The second-order valence-corrected chi connectivity index (χ2v) is 8.29. The van der Waals surface area contributed by atoms with E-state index in [4.69, 9.17) is 4.74 Å². The van der Waals surface area contributed by atoms with E-state index >= 15 is 0 Å². The van der Waals surface area contributed by atoms with E-state index < -0.39 is 11.8 Å². The van der Waals surface area contributed by atoms with Crippen molar-refractivity contribution in [2.75, 3.05) is 13.2 Å². The Labute approximate surface area is 142 Å². The number of benzene rings is 1. The number of esters is 1. The van der Waals surface area contributed by atoms with E-state index in [-0.39, 0.29) is 34.9 Å². The summed E-state index contributed by atoms with van der Waals surface area (Å²) < 4.78 is 18.6. The van der Waals surface area contributed by atoms with E-state index in [9.17, 15) is 14.0 Å². The van der Waals surface area contributed by atoms with Gasteiger partial charge in [-0.25, -0.2) is 9.18 Å². The first-order valence-electron chi connectivity index (χ1n) is 8.40. The average Bonchev–Trinajstić information content (AvgIpc) is 2.74. The van der Waals surface area contributed by atoms with Crippen molar-refractivity contribution < 1.29 is 18.7 Å². The zero-order chi connectivity index (χ0) is 17.5. The Balaban J connectivity index is 1.62. The van der Waals surface area contributed by atoms with Gasteiger partial charge in [-0.3, -0.25) is 4.79 Å². The molecule has 0 N–H and O–H groups in total. The van der Waals surface area contributed by atoms with Gasteiger partial charge in [0, 0.05) is 12.6 Å². The second kappa shape index (κ2) is 5.87. The molecule has 130 valence electrons. The number of ether oxygens (including phenoxy) is 1. The summed E-state index contributed by atoms with van der Waals surface area (Å²) in [6.45, 7) is 7.07. The van der Waals surface area contributed by atoms with Crippen molar-refractivity contribution in [1.29, 1.82) is 0 Å². The molecule has 2 atom stereocenters. The van der Waals surface area contributed by atoms with Crippen LogP contribution in [0.4, 0.5) is 4.39 Å². The Hall–Kier alpha value is -1.91. The minimum atomic E-state index is -0.796. The van der Waals surface area contributed by atoms with Crippen molar-refractivity contribution in [2.24, 2.45) is 10.8 Å². The van der Waals surface area contributed by atoms with E-state index in [0.717, 1.165) is 19.3 Å². The number of rotatable bonds is 3. The monoisotopic (exact) mass is 333 g/mol. The van der Waals surface area contributed by atoms with Crippen LogP contribution in [0.15, 0.2) is 24.3 Å². The Kier molecular flexibility index (Phi) is 4.14. The molecular formula is C19H24FNO3. The predicted octanol–water partition coefficient (Wildman–Crippen LogP) is 3.41. The second-order valence-electron chi connectivity index (χ2n) is 8.29. The van der Waals surface area contributed by atoms with Gasteiger partial charge in [-0.2, -0.15) is 0 Å². The van der Waals surface area contributed by atoms with Crippen molar-refractivity contribution in [1.82, 2.24) is 4.90 Å². The highest BCUT2D eigenvalue weighted by atomic mass is 19.1. The molecular weight excluding hydrogens is 309 g/mol. The summed E-state index contributed by atoms with van der Waals surface area (Å²) in [5.74, 6) is -1.62. The number of fused-ring (bicyclic) bond motifs is 2. The van der Waals surface area contributed by atoms with Crippen LogP contribution in [-0.2, 0) is 9.53 Å². The quantitative estimate of drug-likeness (QED) is 0.797. The van der Waals surface area contributed by atoms with Crippen molar-refractivity contribution >= 4 is 11.9 Å². The maximum absolute atomic E-state index is 13.6. The van der Waals surface area contributed by atoms with Gasteiger partial charge in [-0.1, -0.05) is 32.9 Å². The molecule has 2 fully saturated rings. The van der Waals surface area contributed by atoms with Crippen LogP contribution in [0.1, 0.15) is 50.4 Å². The van der Waals surface area contributed by atoms with E-state index in [2.05, 4.69) is 20.8 Å². The van der Waals surface area contributed by atoms with Crippen LogP contribution in [0.3, 0.4) is 0 Å². The van der Waals surface area contributed by atoms with Gasteiger partial charge < -0.3 is 9.64 Å². The molecule has 1 aromatic rings. The Morgan fingerprint density at radius 3 is 2.67 bits per heavy atom. The van der Waals surface area contributed by atoms with Crippen LogP contribution in [0.25, 0.3) is 0 Å². The fourth-order valence-corrected chi connectivity index (χ4v) is 4.67. The van der Waals surface area contributed by atoms with E-state index in [1.165, 1.54) is 18.2 Å². The topological polar surface area (TPSA) is 46.6 Å². The molecule has 1 amide bonds. The smallest absolute Gasteiger partial charge is 0.341 e. The number of hydrogen-bond acceptors (Lipinski definition) is 3. The predicted molar refractivity (Wildman–Crippen MR) is 87.9 cm³/mol. The Morgan fingerprint density at radius 1 is 1.25 bits per heavy atom. The Morgan fingerprint density at radius 2 is 1.96 bits per heavy atom. The average molecular weight is 333 g/mol. The number of halogens is 1. The van der Waals surface area contributed by atoms with E-state index in [1.54, 1.807) is 6.07 Å². The van der Waals surface area contributed by atoms with Gasteiger partial charge in [0.1, 0.15) is 5.82 Å². The lowest BCUT2D eigenvalue weighted by Crippen LogP contribution is -2.39. The van der Waals surface area contributed by atoms with Crippen molar-refractivity contribution in [3.8, 4) is 0 Å². The number of carbonyl (C=O) groups excluding carboxylic acids is 2. The lowest BCUT2D eigenvalue weighted by molar-refractivity contribution is -0.135. The molecule has 1 saturated carbocycles. The maximum Gasteiger partial charge on any atom is 0.341 e. The van der Waals surface area contributed by atoms with Crippen molar-refractivity contribution in [3.05, 3.63) is 35.6 Å². The summed E-state index contributed by atoms with van der Waals surface area (Å²) in [7, 11) is 0. The number of nitrogens with zero attached hydrogens (tertiary/aromatic N) is 1. The third-order valence-corrected chi connectivity index (χ3v) is 5.16. The molecule has 1 aromatic carbocycles. The Bertz CT molecular complexity index is 672. The molecule has 24 heavy (non-hydrogen) atoms. The third kappa shape index (κ3) is 3.30. The molecule has 1 saturated heterocycles. The lowest BCUT2D eigenvalue weighted by Gasteiger charge is -2.39. The molecule has 5 heteroatoms. The van der Waals surface area contributed by atoms with Gasteiger partial charge in [-0.05, 0) is 42.2 Å². The first kappa shape index (κ1) is 16.9. The van der Waals surface area contributed by atoms with Crippen LogP contribution >= 0.6 is 0 Å². The van der Waals surface area contributed by atoms with Gasteiger partial charge in [0.25, 0.3) is 5.91 Å². The fraction of sp³-hybridized carbons (Fsp3) is 0.579. The number of carbonyl (C=O) groups is 2. The van der Waals surface area contributed by atoms with Crippen molar-refractivity contribution in [3.63, 3.8) is 0 Å². The SMILES string of the molecule is CC1(C)C[C@H]2C[C@](C)(CN2C(=O)COC(=O)c2ccccc2F)C1. The minimum Gasteiger partial charge on any atom is -0.452 e. The highest BCUT2D eigenvalue weighted by molar-refractivity contribution is 5.91. The van der Waals surface area contributed by atoms with Crippen LogP contribution in [0.2, 0.25) is 0 Å². The molecule has 1 aliphatic carbocycles. The largest absolute Gasteiger partial charge is 0.452 e. The number of amides is 1. The number of likely N-dealkylation sites (tertiary alicyclic amines) is 1. The summed E-state index contributed by atoms with van der Waals surface area (Å²) in [5.41, 5.74) is 0.215. The van der Waals surface area contributed by atoms with Gasteiger partial charge in [0.05, 0.1) is 5.56 Å². The standard InChI is InChI=1S/C19H24FNO3/c1-18(2)8-13-9-19(3,11-18)12-21(13)16(22)10-24-17(23)14-6-4-5-7-15(14)20/h4-7,13H,8-12H2,1-3H3/t13-,19-/m0/s1. The summed E-state index contributed by atoms with van der Waals surface area (Å²) in [6.07, 6.45) is 3.06. The molecule has 2 aliphatic rings. The zero-order valence-electron chi connectivity index (χ0n) is 14.5. The van der Waals surface area contributed by atoms with Gasteiger partial charge in [0.2, 0.25) is 0 Å². The summed E-state index contributed by atoms with van der Waals surface area (Å²) >= 11 is 0. The van der Waals surface area contributed by atoms with Crippen LogP contribution in [0.5, 0.6) is 0 Å². The first-order chi connectivity index (χ1) is 11.2. The number of hydrogen-bond donors (Lipinski definition) is 0. The minimum absolute atomic E-state index is 0.137. The highest BCUT2D eigenvalue weighted by Gasteiger charge is 2.50. The third-order valence-electron chi connectivity index (χ3n) is 5.16. The molecule has 1 heterocycles. The van der Waals surface area contributed by atoms with Gasteiger partial charge in [-0.15, -0.1) is 0 Å².